The van der Waals surface area contributed by atoms with Crippen LogP contribution in [-0.2, 0) is 14.1 Å². The Kier molecular flexibility index (Phi) is 6.03. The fraction of sp³-hybridized carbons (Fsp3) is 0.533. The highest BCUT2D eigenvalue weighted by atomic mass is 32.3. The lowest BCUT2D eigenvalue weighted by Gasteiger charge is -2.36. The predicted octanol–water partition coefficient (Wildman–Crippen LogP) is 3.41. The van der Waals surface area contributed by atoms with Gasteiger partial charge in [0.1, 0.15) is 5.72 Å². The van der Waals surface area contributed by atoms with Gasteiger partial charge in [0.25, 0.3) is 3.98 Å². The Labute approximate surface area is 141 Å². The van der Waals surface area contributed by atoms with Crippen LogP contribution < -0.4 is 10.3 Å². The Morgan fingerprint density at radius 3 is 2.00 bits per heavy atom. The van der Waals surface area contributed by atoms with Crippen LogP contribution in [0.2, 0.25) is 0 Å². The molecule has 1 aromatic heterocycles. The van der Waals surface area contributed by atoms with E-state index in [-0.39, 0.29) is 0 Å². The van der Waals surface area contributed by atoms with E-state index in [2.05, 4.69) is 103 Å². The van der Waals surface area contributed by atoms with Gasteiger partial charge in [0, 0.05) is 0 Å². The normalized spacial score (nSPS) is 12.2. The number of para-hydroxylation sites is 2. The molecular weight excluding hydrogens is 315 g/mol. The number of aromatic nitrogens is 2. The van der Waals surface area contributed by atoms with E-state index < -0.39 is 3.98 Å². The summed E-state index contributed by atoms with van der Waals surface area (Å²) in [5.74, 6) is 3.46. The summed E-state index contributed by atoms with van der Waals surface area (Å²) >= 11 is 6.35. The van der Waals surface area contributed by atoms with Crippen LogP contribution in [0, 0.1) is 0 Å². The number of aryl methyl sites for hydroxylation is 2. The van der Waals surface area contributed by atoms with Crippen molar-refractivity contribution in [3.05, 3.63) is 24.3 Å². The summed E-state index contributed by atoms with van der Waals surface area (Å²) in [5.41, 5.74) is 4.11. The second-order valence-corrected chi connectivity index (χ2v) is 10.7. The summed E-state index contributed by atoms with van der Waals surface area (Å²) in [7, 11) is 4.44. The zero-order valence-electron chi connectivity index (χ0n) is 13.6. The SMILES string of the molecule is CCS[B-](SCC)(SCC)c1n(C)c2ccccc2[n+]1C. The molecule has 0 amide bonds. The lowest BCUT2D eigenvalue weighted by molar-refractivity contribution is -0.627. The van der Waals surface area contributed by atoms with Crippen molar-refractivity contribution in [1.82, 2.24) is 4.57 Å². The fourth-order valence-electron chi connectivity index (χ4n) is 3.00. The lowest BCUT2D eigenvalue weighted by atomic mass is 10.0. The number of rotatable bonds is 7. The molecule has 0 N–H and O–H groups in total. The van der Waals surface area contributed by atoms with Crippen LogP contribution in [0.1, 0.15) is 20.8 Å². The van der Waals surface area contributed by atoms with Crippen molar-refractivity contribution < 1.29 is 4.57 Å². The van der Waals surface area contributed by atoms with Crippen LogP contribution in [0.25, 0.3) is 11.0 Å². The van der Waals surface area contributed by atoms with Gasteiger partial charge in [-0.3, -0.25) is 9.13 Å². The Balaban J connectivity index is 2.69. The Morgan fingerprint density at radius 1 is 1.00 bits per heavy atom. The summed E-state index contributed by atoms with van der Waals surface area (Å²) in [6.45, 7) is 6.82. The molecule has 116 valence electrons. The van der Waals surface area contributed by atoms with E-state index in [9.17, 15) is 0 Å². The Bertz CT molecular complexity index is 556. The molecule has 2 rings (SSSR count). The van der Waals surface area contributed by atoms with Crippen LogP contribution in [0.4, 0.5) is 0 Å². The zero-order chi connectivity index (χ0) is 15.5. The molecule has 2 aromatic rings. The van der Waals surface area contributed by atoms with Crippen molar-refractivity contribution in [3.8, 4) is 0 Å². The van der Waals surface area contributed by atoms with E-state index in [1.807, 2.05) is 0 Å². The zero-order valence-corrected chi connectivity index (χ0v) is 16.1. The van der Waals surface area contributed by atoms with E-state index >= 15 is 0 Å². The Morgan fingerprint density at radius 2 is 1.52 bits per heavy atom. The van der Waals surface area contributed by atoms with Crippen molar-refractivity contribution in [2.45, 2.75) is 20.8 Å². The first-order valence-electron chi connectivity index (χ1n) is 7.60. The molecule has 2 nitrogen and oxygen atoms in total. The molecule has 0 spiro atoms. The molecule has 0 aliphatic carbocycles. The highest BCUT2D eigenvalue weighted by Crippen LogP contribution is 2.41. The first-order chi connectivity index (χ1) is 10.1. The third-order valence-electron chi connectivity index (χ3n) is 3.77. The molecule has 6 heteroatoms. The molecule has 1 aromatic carbocycles. The van der Waals surface area contributed by atoms with Gasteiger partial charge in [0.15, 0.2) is 11.0 Å². The first kappa shape index (κ1) is 17.2. The van der Waals surface area contributed by atoms with Gasteiger partial charge >= 0.3 is 0 Å². The van der Waals surface area contributed by atoms with Crippen LogP contribution in [0.15, 0.2) is 24.3 Å². The second kappa shape index (κ2) is 7.38. The number of benzene rings is 1. The first-order valence-corrected chi connectivity index (χ1v) is 10.7. The predicted molar refractivity (Wildman–Crippen MR) is 104 cm³/mol. The maximum atomic E-state index is 2.41. The summed E-state index contributed by atoms with van der Waals surface area (Å²) in [4.78, 5) is 0. The number of hydrogen-bond acceptors (Lipinski definition) is 3. The third-order valence-corrected chi connectivity index (χ3v) is 9.16. The van der Waals surface area contributed by atoms with Gasteiger partial charge in [0.2, 0.25) is 0 Å². The van der Waals surface area contributed by atoms with Gasteiger partial charge in [-0.15, -0.1) is 0 Å². The standard InChI is InChI=1S/C15H25BN2S3/c1-6-19-16(20-7-2,21-8-3)15-17(4)13-11-9-10-12-14(13)18(15)5/h9-12H,6-8H2,1-5H3. The van der Waals surface area contributed by atoms with E-state index in [1.165, 1.54) is 16.8 Å². The fourth-order valence-corrected chi connectivity index (χ4v) is 9.32. The van der Waals surface area contributed by atoms with E-state index in [4.69, 9.17) is 0 Å². The van der Waals surface area contributed by atoms with Gasteiger partial charge in [-0.05, 0) is 29.4 Å². The monoisotopic (exact) mass is 340 g/mol. The largest absolute Gasteiger partial charge is 0.338 e. The average Bonchev–Trinajstić information content (AvgIpc) is 2.73. The summed E-state index contributed by atoms with van der Waals surface area (Å²) in [6.07, 6.45) is 0. The summed E-state index contributed by atoms with van der Waals surface area (Å²) < 4.78 is 4.10. The minimum atomic E-state index is -0.712. The molecule has 0 fully saturated rings. The number of imidazole rings is 1. The molecule has 0 saturated carbocycles. The van der Waals surface area contributed by atoms with Gasteiger partial charge < -0.3 is 34.8 Å². The van der Waals surface area contributed by atoms with Crippen molar-refractivity contribution in [2.75, 3.05) is 17.3 Å². The van der Waals surface area contributed by atoms with Gasteiger partial charge in [-0.25, -0.2) is 0 Å². The lowest BCUT2D eigenvalue weighted by Crippen LogP contribution is -2.60. The van der Waals surface area contributed by atoms with Crippen molar-refractivity contribution in [1.29, 1.82) is 0 Å². The Hall–Kier alpha value is -0.195. The molecule has 0 unspecified atom stereocenters. The van der Waals surface area contributed by atoms with E-state index in [0.29, 0.717) is 0 Å². The van der Waals surface area contributed by atoms with Crippen LogP contribution in [0.3, 0.4) is 0 Å². The number of hydrogen-bond donors (Lipinski definition) is 0. The van der Waals surface area contributed by atoms with Crippen molar-refractivity contribution in [3.63, 3.8) is 0 Å². The molecule has 0 radical (unpaired) electrons. The molecule has 0 atom stereocenters. The number of nitrogens with zero attached hydrogens (tertiary/aromatic N) is 2. The highest BCUT2D eigenvalue weighted by molar-refractivity contribution is 8.82. The topological polar surface area (TPSA) is 8.81 Å². The number of fused-ring (bicyclic) bond motifs is 1. The van der Waals surface area contributed by atoms with Crippen LogP contribution in [-0.4, -0.2) is 25.8 Å². The van der Waals surface area contributed by atoms with Gasteiger partial charge in [-0.2, -0.15) is 0 Å². The third kappa shape index (κ3) is 3.13. The van der Waals surface area contributed by atoms with Gasteiger partial charge in [-0.1, -0.05) is 32.9 Å². The minimum absolute atomic E-state index is 0.712. The summed E-state index contributed by atoms with van der Waals surface area (Å²) in [6, 6.07) is 8.72. The quantitative estimate of drug-likeness (QED) is 0.564. The van der Waals surface area contributed by atoms with E-state index in [0.717, 1.165) is 17.3 Å². The molecule has 21 heavy (non-hydrogen) atoms. The molecule has 0 aliphatic rings. The van der Waals surface area contributed by atoms with E-state index in [1.54, 1.807) is 0 Å². The molecule has 1 heterocycles. The summed E-state index contributed by atoms with van der Waals surface area (Å²) in [5, 5.41) is 0. The van der Waals surface area contributed by atoms with Crippen molar-refractivity contribution in [2.24, 2.45) is 14.1 Å². The minimum Gasteiger partial charge on any atom is -0.338 e. The maximum absolute atomic E-state index is 2.41. The maximum Gasteiger partial charge on any atom is 0.279 e. The van der Waals surface area contributed by atoms with Crippen LogP contribution in [0.5, 0.6) is 0 Å². The van der Waals surface area contributed by atoms with Gasteiger partial charge in [0.05, 0.1) is 14.1 Å². The highest BCUT2D eigenvalue weighted by Gasteiger charge is 2.37. The molecule has 0 saturated heterocycles. The molecule has 0 aliphatic heterocycles. The smallest absolute Gasteiger partial charge is 0.279 e. The second-order valence-electron chi connectivity index (χ2n) is 4.97. The van der Waals surface area contributed by atoms with Crippen LogP contribution >= 0.6 is 34.8 Å². The molecular formula is C15H25BN2S3. The molecule has 0 bridgehead atoms. The van der Waals surface area contributed by atoms with Crippen molar-refractivity contribution >= 4 is 55.6 Å². The average molecular weight is 340 g/mol.